The molecular formula is C25H27N. The first-order chi connectivity index (χ1) is 12.8. The van der Waals surface area contributed by atoms with Gasteiger partial charge in [0, 0.05) is 11.1 Å². The first-order valence-electron chi connectivity index (χ1n) is 10.4. The molecule has 6 atom stereocenters. The zero-order valence-corrected chi connectivity index (χ0v) is 15.3. The maximum Gasteiger partial charge on any atom is 0.0273 e. The lowest BCUT2D eigenvalue weighted by molar-refractivity contribution is 0.176. The van der Waals surface area contributed by atoms with Crippen molar-refractivity contribution in [3.8, 4) is 0 Å². The summed E-state index contributed by atoms with van der Waals surface area (Å²) in [4.78, 5) is 0. The van der Waals surface area contributed by atoms with Crippen molar-refractivity contribution in [2.45, 2.75) is 32.1 Å². The van der Waals surface area contributed by atoms with Crippen LogP contribution in [0.5, 0.6) is 0 Å². The van der Waals surface area contributed by atoms with Crippen molar-refractivity contribution >= 4 is 0 Å². The summed E-state index contributed by atoms with van der Waals surface area (Å²) in [7, 11) is 0. The first kappa shape index (κ1) is 15.1. The molecule has 0 amide bonds. The van der Waals surface area contributed by atoms with Crippen LogP contribution >= 0.6 is 0 Å². The fourth-order valence-electron chi connectivity index (χ4n) is 7.38. The third-order valence-corrected chi connectivity index (χ3v) is 8.10. The number of fused-ring (bicyclic) bond motifs is 9. The average molecular weight is 341 g/mol. The van der Waals surface area contributed by atoms with Gasteiger partial charge in [-0.05, 0) is 73.3 Å². The Kier molecular flexibility index (Phi) is 3.05. The van der Waals surface area contributed by atoms with Crippen LogP contribution in [0, 0.1) is 35.0 Å². The van der Waals surface area contributed by atoms with Gasteiger partial charge in [-0.15, -0.1) is 0 Å². The SMILES string of the molecule is NC1=CCC2C(=C1)C1(C3=C(C=CCC3)C3CC=CCC31)C1C=CC=CC21. The van der Waals surface area contributed by atoms with Crippen LogP contribution in [0.15, 0.2) is 83.2 Å². The third kappa shape index (κ3) is 1.68. The molecule has 1 heteroatoms. The highest BCUT2D eigenvalue weighted by molar-refractivity contribution is 5.56. The van der Waals surface area contributed by atoms with Crippen LogP contribution in [0.1, 0.15) is 32.1 Å². The van der Waals surface area contributed by atoms with E-state index in [1.54, 1.807) is 16.7 Å². The summed E-state index contributed by atoms with van der Waals surface area (Å²) in [5, 5.41) is 0. The molecule has 1 fully saturated rings. The van der Waals surface area contributed by atoms with E-state index in [0.717, 1.165) is 12.1 Å². The lowest BCUT2D eigenvalue weighted by Gasteiger charge is -2.44. The topological polar surface area (TPSA) is 26.0 Å². The third-order valence-electron chi connectivity index (χ3n) is 8.10. The van der Waals surface area contributed by atoms with Crippen LogP contribution in [-0.4, -0.2) is 0 Å². The van der Waals surface area contributed by atoms with Gasteiger partial charge in [-0.2, -0.15) is 0 Å². The predicted octanol–water partition coefficient (Wildman–Crippen LogP) is 5.38. The number of nitrogens with two attached hydrogens (primary N) is 1. The fourth-order valence-corrected chi connectivity index (χ4v) is 7.38. The largest absolute Gasteiger partial charge is 0.399 e. The highest BCUT2D eigenvalue weighted by Gasteiger charge is 2.64. The van der Waals surface area contributed by atoms with E-state index < -0.39 is 0 Å². The molecule has 26 heavy (non-hydrogen) atoms. The second-order valence-electron chi connectivity index (χ2n) is 8.92. The maximum atomic E-state index is 6.37. The van der Waals surface area contributed by atoms with Crippen LogP contribution < -0.4 is 5.73 Å². The minimum atomic E-state index is 0.213. The smallest absolute Gasteiger partial charge is 0.0273 e. The average Bonchev–Trinajstić information content (AvgIpc) is 3.15. The van der Waals surface area contributed by atoms with Gasteiger partial charge in [0.15, 0.2) is 0 Å². The van der Waals surface area contributed by atoms with Gasteiger partial charge in [-0.25, -0.2) is 0 Å². The summed E-state index contributed by atoms with van der Waals surface area (Å²) in [5.41, 5.74) is 12.7. The zero-order chi connectivity index (χ0) is 17.3. The zero-order valence-electron chi connectivity index (χ0n) is 15.3. The minimum absolute atomic E-state index is 0.213. The van der Waals surface area contributed by atoms with Crippen molar-refractivity contribution in [1.82, 2.24) is 0 Å². The molecular weight excluding hydrogens is 314 g/mol. The molecule has 0 aromatic rings. The molecule has 1 saturated carbocycles. The minimum Gasteiger partial charge on any atom is -0.399 e. The van der Waals surface area contributed by atoms with Crippen LogP contribution in [0.3, 0.4) is 0 Å². The quantitative estimate of drug-likeness (QED) is 0.588. The second-order valence-corrected chi connectivity index (χ2v) is 8.92. The van der Waals surface area contributed by atoms with Crippen molar-refractivity contribution in [3.63, 3.8) is 0 Å². The van der Waals surface area contributed by atoms with Crippen LogP contribution in [-0.2, 0) is 0 Å². The van der Waals surface area contributed by atoms with Gasteiger partial charge in [-0.1, -0.05) is 65.8 Å². The predicted molar refractivity (Wildman–Crippen MR) is 107 cm³/mol. The summed E-state index contributed by atoms with van der Waals surface area (Å²) in [6.07, 6.45) is 30.1. The molecule has 2 N–H and O–H groups in total. The second kappa shape index (κ2) is 5.25. The number of hydrogen-bond donors (Lipinski definition) is 1. The molecule has 6 aliphatic carbocycles. The molecule has 0 aromatic heterocycles. The molecule has 132 valence electrons. The Morgan fingerprint density at radius 3 is 2.81 bits per heavy atom. The molecule has 6 rings (SSSR count). The van der Waals surface area contributed by atoms with Gasteiger partial charge < -0.3 is 5.73 Å². The molecule has 0 heterocycles. The fraction of sp³-hybridized carbons (Fsp3) is 0.440. The van der Waals surface area contributed by atoms with E-state index >= 15 is 0 Å². The van der Waals surface area contributed by atoms with Gasteiger partial charge in [0.05, 0.1) is 0 Å². The molecule has 1 nitrogen and oxygen atoms in total. The summed E-state index contributed by atoms with van der Waals surface area (Å²) < 4.78 is 0. The van der Waals surface area contributed by atoms with Gasteiger partial charge >= 0.3 is 0 Å². The number of allylic oxidation sites excluding steroid dienone is 13. The summed E-state index contributed by atoms with van der Waals surface area (Å²) in [6.45, 7) is 0. The van der Waals surface area contributed by atoms with Crippen LogP contribution in [0.2, 0.25) is 0 Å². The highest BCUT2D eigenvalue weighted by Crippen LogP contribution is 2.72. The highest BCUT2D eigenvalue weighted by atomic mass is 14.7. The molecule has 6 aliphatic rings. The van der Waals surface area contributed by atoms with Crippen LogP contribution in [0.4, 0.5) is 0 Å². The molecule has 0 radical (unpaired) electrons. The maximum absolute atomic E-state index is 6.37. The summed E-state index contributed by atoms with van der Waals surface area (Å²) in [5.74, 6) is 3.31. The number of rotatable bonds is 0. The Bertz CT molecular complexity index is 874. The van der Waals surface area contributed by atoms with Crippen molar-refractivity contribution < 1.29 is 0 Å². The van der Waals surface area contributed by atoms with E-state index in [9.17, 15) is 0 Å². The van der Waals surface area contributed by atoms with E-state index in [0.29, 0.717) is 29.6 Å². The van der Waals surface area contributed by atoms with Gasteiger partial charge in [0.2, 0.25) is 0 Å². The van der Waals surface area contributed by atoms with Gasteiger partial charge in [-0.3, -0.25) is 0 Å². The van der Waals surface area contributed by atoms with Crippen molar-refractivity contribution in [2.24, 2.45) is 40.7 Å². The van der Waals surface area contributed by atoms with E-state index in [2.05, 4.69) is 60.8 Å². The molecule has 1 spiro atoms. The Balaban J connectivity index is 1.65. The van der Waals surface area contributed by atoms with Gasteiger partial charge in [0.25, 0.3) is 0 Å². The van der Waals surface area contributed by atoms with Crippen molar-refractivity contribution in [3.05, 3.63) is 83.2 Å². The van der Waals surface area contributed by atoms with E-state index in [-0.39, 0.29) is 5.41 Å². The molecule has 0 bridgehead atoms. The molecule has 0 aliphatic heterocycles. The monoisotopic (exact) mass is 341 g/mol. The normalized spacial score (nSPS) is 44.5. The Morgan fingerprint density at radius 1 is 0.962 bits per heavy atom. The van der Waals surface area contributed by atoms with Crippen molar-refractivity contribution in [1.29, 1.82) is 0 Å². The lowest BCUT2D eigenvalue weighted by atomic mass is 9.58. The summed E-state index contributed by atoms with van der Waals surface area (Å²) >= 11 is 0. The number of hydrogen-bond acceptors (Lipinski definition) is 1. The lowest BCUT2D eigenvalue weighted by Crippen LogP contribution is -2.38. The molecule has 6 unspecified atom stereocenters. The molecule has 0 saturated heterocycles. The Hall–Kier alpha value is -2.02. The van der Waals surface area contributed by atoms with Crippen molar-refractivity contribution in [2.75, 3.05) is 0 Å². The van der Waals surface area contributed by atoms with E-state index in [1.165, 1.54) is 25.7 Å². The Morgan fingerprint density at radius 2 is 1.85 bits per heavy atom. The van der Waals surface area contributed by atoms with Gasteiger partial charge in [0.1, 0.15) is 0 Å². The first-order valence-corrected chi connectivity index (χ1v) is 10.4. The van der Waals surface area contributed by atoms with E-state index in [1.807, 2.05) is 0 Å². The standard InChI is InChI=1S/C25H27N/c26-16-13-14-20-19-9-3-6-12-23(19)25(24(20)15-16)21-10-4-1-7-17(21)18-8-2-5-11-22(18)25/h1-4,6,8-9,12-13,15,17,19-21,23H,5,7,10-11,14,26H2. The molecule has 0 aromatic carbocycles. The van der Waals surface area contributed by atoms with Crippen LogP contribution in [0.25, 0.3) is 0 Å². The Labute approximate surface area is 156 Å². The van der Waals surface area contributed by atoms with E-state index in [4.69, 9.17) is 5.73 Å². The summed E-state index contributed by atoms with van der Waals surface area (Å²) in [6, 6.07) is 0.